The molecule has 1 aromatic carbocycles. The lowest BCUT2D eigenvalue weighted by molar-refractivity contribution is 0.452. The maximum Gasteiger partial charge on any atom is 0.128 e. The zero-order valence-electron chi connectivity index (χ0n) is 9.15. The van der Waals surface area contributed by atoms with Gasteiger partial charge in [-0.05, 0) is 29.5 Å². The third kappa shape index (κ3) is 3.46. The summed E-state index contributed by atoms with van der Waals surface area (Å²) in [6, 6.07) is 4.88. The van der Waals surface area contributed by atoms with Crippen molar-refractivity contribution in [3.63, 3.8) is 0 Å². The lowest BCUT2D eigenvalue weighted by Gasteiger charge is -2.27. The fourth-order valence-corrected chi connectivity index (χ4v) is 2.82. The minimum atomic E-state index is -0.222. The van der Waals surface area contributed by atoms with Gasteiger partial charge in [0.05, 0.1) is 0 Å². The standard InChI is InChI=1S/C12H15BrClF/c1-8(13)7-12(2,3)10-5-4-9(14)6-11(10)15/h4-6,8H,7H2,1-3H3. The molecule has 0 amide bonds. The van der Waals surface area contributed by atoms with E-state index in [1.807, 2.05) is 13.8 Å². The van der Waals surface area contributed by atoms with Gasteiger partial charge in [0.25, 0.3) is 0 Å². The molecule has 0 radical (unpaired) electrons. The molecule has 1 unspecified atom stereocenters. The van der Waals surface area contributed by atoms with Crippen LogP contribution in [0.5, 0.6) is 0 Å². The lowest BCUT2D eigenvalue weighted by Crippen LogP contribution is -2.22. The summed E-state index contributed by atoms with van der Waals surface area (Å²) in [7, 11) is 0. The Kier molecular flexibility index (Phi) is 4.19. The number of hydrogen-bond acceptors (Lipinski definition) is 0. The van der Waals surface area contributed by atoms with Crippen LogP contribution in [0.1, 0.15) is 32.8 Å². The van der Waals surface area contributed by atoms with E-state index in [4.69, 9.17) is 11.6 Å². The number of alkyl halides is 1. The Balaban J connectivity index is 3.04. The summed E-state index contributed by atoms with van der Waals surface area (Å²) in [5.74, 6) is -0.222. The van der Waals surface area contributed by atoms with Gasteiger partial charge in [-0.3, -0.25) is 0 Å². The summed E-state index contributed by atoms with van der Waals surface area (Å²) in [5.41, 5.74) is 0.538. The van der Waals surface area contributed by atoms with Gasteiger partial charge in [0, 0.05) is 9.85 Å². The first kappa shape index (κ1) is 13.0. The highest BCUT2D eigenvalue weighted by Gasteiger charge is 2.25. The molecule has 0 aromatic heterocycles. The maximum atomic E-state index is 13.7. The molecular formula is C12H15BrClF. The average Bonchev–Trinajstić information content (AvgIpc) is 1.99. The van der Waals surface area contributed by atoms with Crippen molar-refractivity contribution in [1.29, 1.82) is 0 Å². The van der Waals surface area contributed by atoms with Crippen LogP contribution in [0.25, 0.3) is 0 Å². The molecule has 15 heavy (non-hydrogen) atoms. The van der Waals surface area contributed by atoms with Crippen molar-refractivity contribution >= 4 is 27.5 Å². The predicted molar refractivity (Wildman–Crippen MR) is 67.4 cm³/mol. The molecule has 84 valence electrons. The van der Waals surface area contributed by atoms with Crippen LogP contribution >= 0.6 is 27.5 Å². The molecule has 0 saturated carbocycles. The van der Waals surface area contributed by atoms with Crippen LogP contribution in [-0.4, -0.2) is 4.83 Å². The summed E-state index contributed by atoms with van der Waals surface area (Å²) in [6.45, 7) is 6.14. The fraction of sp³-hybridized carbons (Fsp3) is 0.500. The number of halogens is 3. The van der Waals surface area contributed by atoms with Crippen LogP contribution in [0, 0.1) is 5.82 Å². The van der Waals surface area contributed by atoms with Crippen molar-refractivity contribution in [1.82, 2.24) is 0 Å². The van der Waals surface area contributed by atoms with Crippen LogP contribution in [0.3, 0.4) is 0 Å². The van der Waals surface area contributed by atoms with Crippen LogP contribution < -0.4 is 0 Å². The van der Waals surface area contributed by atoms with Crippen LogP contribution in [0.2, 0.25) is 5.02 Å². The third-order valence-corrected chi connectivity index (χ3v) is 3.01. The minimum Gasteiger partial charge on any atom is -0.207 e. The second kappa shape index (κ2) is 4.84. The molecule has 0 bridgehead atoms. The first-order chi connectivity index (χ1) is 6.83. The minimum absolute atomic E-state index is 0.183. The van der Waals surface area contributed by atoms with Gasteiger partial charge in [0.1, 0.15) is 5.82 Å². The highest BCUT2D eigenvalue weighted by atomic mass is 79.9. The van der Waals surface area contributed by atoms with Gasteiger partial charge in [-0.25, -0.2) is 4.39 Å². The van der Waals surface area contributed by atoms with Gasteiger partial charge in [-0.1, -0.05) is 54.4 Å². The van der Waals surface area contributed by atoms with Crippen LogP contribution in [-0.2, 0) is 5.41 Å². The van der Waals surface area contributed by atoms with Crippen LogP contribution in [0.15, 0.2) is 18.2 Å². The van der Waals surface area contributed by atoms with Crippen molar-refractivity contribution in [2.45, 2.75) is 37.4 Å². The van der Waals surface area contributed by atoms with E-state index in [1.54, 1.807) is 12.1 Å². The lowest BCUT2D eigenvalue weighted by atomic mass is 9.80. The normalized spacial score (nSPS) is 14.0. The molecule has 3 heteroatoms. The first-order valence-electron chi connectivity index (χ1n) is 4.92. The smallest absolute Gasteiger partial charge is 0.128 e. The van der Waals surface area contributed by atoms with E-state index < -0.39 is 0 Å². The summed E-state index contributed by atoms with van der Waals surface area (Å²) in [4.78, 5) is 0.363. The summed E-state index contributed by atoms with van der Waals surface area (Å²) in [5, 5.41) is 0.443. The van der Waals surface area contributed by atoms with E-state index in [1.165, 1.54) is 6.07 Å². The monoisotopic (exact) mass is 292 g/mol. The van der Waals surface area contributed by atoms with Crippen molar-refractivity contribution in [2.24, 2.45) is 0 Å². The van der Waals surface area contributed by atoms with E-state index in [9.17, 15) is 4.39 Å². The van der Waals surface area contributed by atoms with E-state index in [2.05, 4.69) is 22.9 Å². The van der Waals surface area contributed by atoms with E-state index in [0.717, 1.165) is 12.0 Å². The zero-order chi connectivity index (χ0) is 11.6. The molecule has 1 rings (SSSR count). The largest absolute Gasteiger partial charge is 0.207 e. The Hall–Kier alpha value is -0.0800. The number of hydrogen-bond donors (Lipinski definition) is 0. The Morgan fingerprint density at radius 1 is 1.47 bits per heavy atom. The summed E-state index contributed by atoms with van der Waals surface area (Å²) in [6.07, 6.45) is 0.881. The zero-order valence-corrected chi connectivity index (χ0v) is 11.5. The molecule has 0 saturated heterocycles. The highest BCUT2D eigenvalue weighted by Crippen LogP contribution is 2.33. The molecular weight excluding hydrogens is 278 g/mol. The molecule has 0 heterocycles. The summed E-state index contributed by atoms with van der Waals surface area (Å²) < 4.78 is 13.7. The second-order valence-electron chi connectivity index (χ2n) is 4.49. The average molecular weight is 294 g/mol. The molecule has 0 aliphatic carbocycles. The number of rotatable bonds is 3. The van der Waals surface area contributed by atoms with Gasteiger partial charge in [0.2, 0.25) is 0 Å². The predicted octanol–water partition coefficient (Wildman–Crippen LogP) is 4.93. The van der Waals surface area contributed by atoms with Gasteiger partial charge in [0.15, 0.2) is 0 Å². The van der Waals surface area contributed by atoms with Crippen molar-refractivity contribution in [3.05, 3.63) is 34.6 Å². The van der Waals surface area contributed by atoms with E-state index >= 15 is 0 Å². The highest BCUT2D eigenvalue weighted by molar-refractivity contribution is 9.09. The Bertz CT molecular complexity index is 347. The molecule has 0 spiro atoms. The second-order valence-corrected chi connectivity index (χ2v) is 6.49. The van der Waals surface area contributed by atoms with Gasteiger partial charge >= 0.3 is 0 Å². The molecule has 0 N–H and O–H groups in total. The molecule has 1 aromatic rings. The molecule has 0 aliphatic rings. The first-order valence-corrected chi connectivity index (χ1v) is 6.22. The van der Waals surface area contributed by atoms with Crippen molar-refractivity contribution in [2.75, 3.05) is 0 Å². The van der Waals surface area contributed by atoms with Crippen molar-refractivity contribution < 1.29 is 4.39 Å². The quantitative estimate of drug-likeness (QED) is 0.693. The number of benzene rings is 1. The molecule has 0 fully saturated rings. The van der Waals surface area contributed by atoms with Gasteiger partial charge in [-0.2, -0.15) is 0 Å². The fourth-order valence-electron chi connectivity index (χ4n) is 1.85. The Morgan fingerprint density at radius 3 is 2.53 bits per heavy atom. The SMILES string of the molecule is CC(Br)CC(C)(C)c1ccc(Cl)cc1F. The molecule has 1 atom stereocenters. The van der Waals surface area contributed by atoms with E-state index in [-0.39, 0.29) is 11.2 Å². The van der Waals surface area contributed by atoms with E-state index in [0.29, 0.717) is 9.85 Å². The van der Waals surface area contributed by atoms with Gasteiger partial charge in [-0.15, -0.1) is 0 Å². The summed E-state index contributed by atoms with van der Waals surface area (Å²) >= 11 is 9.22. The Labute approximate surface area is 104 Å². The van der Waals surface area contributed by atoms with Crippen molar-refractivity contribution in [3.8, 4) is 0 Å². The molecule has 0 nitrogen and oxygen atoms in total. The molecule has 0 aliphatic heterocycles. The van der Waals surface area contributed by atoms with Crippen LogP contribution in [0.4, 0.5) is 4.39 Å². The topological polar surface area (TPSA) is 0 Å². The maximum absolute atomic E-state index is 13.7. The third-order valence-electron chi connectivity index (χ3n) is 2.45. The Morgan fingerprint density at radius 2 is 2.07 bits per heavy atom. The van der Waals surface area contributed by atoms with Gasteiger partial charge < -0.3 is 0 Å².